The van der Waals surface area contributed by atoms with Gasteiger partial charge in [-0.25, -0.2) is 0 Å². The van der Waals surface area contributed by atoms with E-state index in [0.29, 0.717) is 13.1 Å². The number of rotatable bonds is 4. The Labute approximate surface area is 86.1 Å². The average molecular weight is 202 g/mol. The van der Waals surface area contributed by atoms with Gasteiger partial charge in [-0.3, -0.25) is 4.79 Å². The van der Waals surface area contributed by atoms with E-state index < -0.39 is 11.1 Å². The van der Waals surface area contributed by atoms with E-state index in [0.717, 1.165) is 0 Å². The van der Waals surface area contributed by atoms with Crippen LogP contribution >= 0.6 is 0 Å². The zero-order valence-electron chi connectivity index (χ0n) is 9.79. The molecule has 0 atom stereocenters. The standard InChI is InChI=1S/C10H22N2O2/c1-6-12(7-9(2,3)14)8(13)10(4,5)11/h14H,6-7,11H2,1-5H3. The van der Waals surface area contributed by atoms with Gasteiger partial charge in [-0.2, -0.15) is 0 Å². The van der Waals surface area contributed by atoms with Gasteiger partial charge in [0.05, 0.1) is 11.1 Å². The summed E-state index contributed by atoms with van der Waals surface area (Å²) in [6.07, 6.45) is 0. The van der Waals surface area contributed by atoms with Crippen molar-refractivity contribution >= 4 is 5.91 Å². The smallest absolute Gasteiger partial charge is 0.242 e. The molecule has 0 aliphatic rings. The van der Waals surface area contributed by atoms with Crippen LogP contribution in [0.3, 0.4) is 0 Å². The second-order valence-corrected chi connectivity index (χ2v) is 4.85. The second-order valence-electron chi connectivity index (χ2n) is 4.85. The van der Waals surface area contributed by atoms with Crippen LogP contribution in [0.1, 0.15) is 34.6 Å². The number of carbonyl (C=O) groups excluding carboxylic acids is 1. The van der Waals surface area contributed by atoms with Crippen LogP contribution < -0.4 is 5.73 Å². The Morgan fingerprint density at radius 2 is 1.79 bits per heavy atom. The summed E-state index contributed by atoms with van der Waals surface area (Å²) in [4.78, 5) is 13.3. The monoisotopic (exact) mass is 202 g/mol. The molecule has 0 aromatic heterocycles. The Bertz CT molecular complexity index is 201. The molecule has 14 heavy (non-hydrogen) atoms. The number of nitrogens with two attached hydrogens (primary N) is 1. The first-order valence-electron chi connectivity index (χ1n) is 4.88. The van der Waals surface area contributed by atoms with Crippen LogP contribution in [-0.2, 0) is 4.79 Å². The summed E-state index contributed by atoms with van der Waals surface area (Å²) < 4.78 is 0. The molecule has 0 aromatic carbocycles. The number of carbonyl (C=O) groups is 1. The van der Waals surface area contributed by atoms with Gasteiger partial charge in [0.1, 0.15) is 0 Å². The van der Waals surface area contributed by atoms with Crippen molar-refractivity contribution in [2.75, 3.05) is 13.1 Å². The van der Waals surface area contributed by atoms with Crippen molar-refractivity contribution in [3.63, 3.8) is 0 Å². The molecule has 4 nitrogen and oxygen atoms in total. The highest BCUT2D eigenvalue weighted by atomic mass is 16.3. The maximum Gasteiger partial charge on any atom is 0.242 e. The van der Waals surface area contributed by atoms with E-state index in [-0.39, 0.29) is 5.91 Å². The molecule has 84 valence electrons. The molecule has 3 N–H and O–H groups in total. The molecule has 0 unspecified atom stereocenters. The minimum Gasteiger partial charge on any atom is -0.389 e. The zero-order valence-corrected chi connectivity index (χ0v) is 9.79. The first-order valence-corrected chi connectivity index (χ1v) is 4.88. The van der Waals surface area contributed by atoms with Gasteiger partial charge in [-0.15, -0.1) is 0 Å². The molecule has 0 radical (unpaired) electrons. The Hall–Kier alpha value is -0.610. The van der Waals surface area contributed by atoms with Crippen molar-refractivity contribution in [3.05, 3.63) is 0 Å². The SMILES string of the molecule is CCN(CC(C)(C)O)C(=O)C(C)(C)N. The molecule has 0 rings (SSSR count). The molecular weight excluding hydrogens is 180 g/mol. The topological polar surface area (TPSA) is 66.6 Å². The van der Waals surface area contributed by atoms with Crippen molar-refractivity contribution in [2.24, 2.45) is 5.73 Å². The first-order chi connectivity index (χ1) is 6.08. The first kappa shape index (κ1) is 13.4. The lowest BCUT2D eigenvalue weighted by Gasteiger charge is -2.32. The van der Waals surface area contributed by atoms with Gasteiger partial charge < -0.3 is 15.7 Å². The molecule has 1 amide bonds. The van der Waals surface area contributed by atoms with Crippen LogP contribution in [0.15, 0.2) is 0 Å². The predicted octanol–water partition coefficient (Wildman–Crippen LogP) is 0.343. The van der Waals surface area contributed by atoms with Gasteiger partial charge in [-0.1, -0.05) is 0 Å². The lowest BCUT2D eigenvalue weighted by molar-refractivity contribution is -0.138. The van der Waals surface area contributed by atoms with Gasteiger partial charge in [0.25, 0.3) is 0 Å². The molecule has 0 aromatic rings. The van der Waals surface area contributed by atoms with E-state index in [1.165, 1.54) is 0 Å². The molecule has 0 fully saturated rings. The molecule has 0 aliphatic heterocycles. The van der Waals surface area contributed by atoms with Gasteiger partial charge in [0.2, 0.25) is 5.91 Å². The third kappa shape index (κ3) is 4.58. The minimum absolute atomic E-state index is 0.137. The van der Waals surface area contributed by atoms with Crippen LogP contribution in [0.4, 0.5) is 0 Å². The fourth-order valence-corrected chi connectivity index (χ4v) is 1.20. The average Bonchev–Trinajstić information content (AvgIpc) is 1.95. The summed E-state index contributed by atoms with van der Waals surface area (Å²) in [5.41, 5.74) is 3.95. The van der Waals surface area contributed by atoms with Crippen molar-refractivity contribution < 1.29 is 9.90 Å². The number of likely N-dealkylation sites (N-methyl/N-ethyl adjacent to an activating group) is 1. The van der Waals surface area contributed by atoms with Crippen LogP contribution in [0.5, 0.6) is 0 Å². The summed E-state index contributed by atoms with van der Waals surface area (Å²) in [6, 6.07) is 0. The lowest BCUT2D eigenvalue weighted by Crippen LogP contribution is -2.54. The predicted molar refractivity (Wildman–Crippen MR) is 56.8 cm³/mol. The quantitative estimate of drug-likeness (QED) is 0.691. The number of nitrogens with zero attached hydrogens (tertiary/aromatic N) is 1. The Balaban J connectivity index is 4.51. The largest absolute Gasteiger partial charge is 0.389 e. The van der Waals surface area contributed by atoms with Crippen LogP contribution in [0, 0.1) is 0 Å². The Morgan fingerprint density at radius 1 is 1.36 bits per heavy atom. The molecule has 0 aliphatic carbocycles. The van der Waals surface area contributed by atoms with Gasteiger partial charge in [-0.05, 0) is 34.6 Å². The maximum atomic E-state index is 11.8. The fraction of sp³-hybridized carbons (Fsp3) is 0.900. The van der Waals surface area contributed by atoms with Crippen LogP contribution in [0.2, 0.25) is 0 Å². The van der Waals surface area contributed by atoms with Crippen molar-refractivity contribution in [1.82, 2.24) is 4.90 Å². The Morgan fingerprint density at radius 3 is 2.00 bits per heavy atom. The molecule has 0 saturated heterocycles. The summed E-state index contributed by atoms with van der Waals surface area (Å²) in [7, 11) is 0. The van der Waals surface area contributed by atoms with Gasteiger partial charge in [0, 0.05) is 13.1 Å². The van der Waals surface area contributed by atoms with E-state index in [2.05, 4.69) is 0 Å². The lowest BCUT2D eigenvalue weighted by atomic mass is 10.0. The van der Waals surface area contributed by atoms with E-state index in [1.54, 1.807) is 32.6 Å². The highest BCUT2D eigenvalue weighted by molar-refractivity contribution is 5.85. The number of aliphatic hydroxyl groups is 1. The molecule has 0 saturated carbocycles. The van der Waals surface area contributed by atoms with Crippen LogP contribution in [-0.4, -0.2) is 40.1 Å². The number of hydrogen-bond donors (Lipinski definition) is 2. The molecule has 0 heterocycles. The summed E-state index contributed by atoms with van der Waals surface area (Å²) in [5, 5.41) is 9.60. The highest BCUT2D eigenvalue weighted by Crippen LogP contribution is 2.09. The van der Waals surface area contributed by atoms with Crippen molar-refractivity contribution in [1.29, 1.82) is 0 Å². The zero-order chi connectivity index (χ0) is 11.6. The third-order valence-corrected chi connectivity index (χ3v) is 1.80. The normalized spacial score (nSPS) is 12.8. The summed E-state index contributed by atoms with van der Waals surface area (Å²) in [6.45, 7) is 9.42. The van der Waals surface area contributed by atoms with Gasteiger partial charge in [0.15, 0.2) is 0 Å². The maximum absolute atomic E-state index is 11.8. The van der Waals surface area contributed by atoms with E-state index in [9.17, 15) is 9.90 Å². The molecule has 0 spiro atoms. The van der Waals surface area contributed by atoms with E-state index in [1.807, 2.05) is 6.92 Å². The van der Waals surface area contributed by atoms with E-state index >= 15 is 0 Å². The minimum atomic E-state index is -0.878. The van der Waals surface area contributed by atoms with Crippen LogP contribution in [0.25, 0.3) is 0 Å². The fourth-order valence-electron chi connectivity index (χ4n) is 1.20. The van der Waals surface area contributed by atoms with E-state index in [4.69, 9.17) is 5.73 Å². The Kier molecular flexibility index (Phi) is 4.09. The summed E-state index contributed by atoms with van der Waals surface area (Å²) in [5.74, 6) is -0.137. The highest BCUT2D eigenvalue weighted by Gasteiger charge is 2.29. The third-order valence-electron chi connectivity index (χ3n) is 1.80. The van der Waals surface area contributed by atoms with Gasteiger partial charge >= 0.3 is 0 Å². The summed E-state index contributed by atoms with van der Waals surface area (Å²) >= 11 is 0. The molecular formula is C10H22N2O2. The number of amides is 1. The second kappa shape index (κ2) is 4.28. The molecule has 0 bridgehead atoms. The van der Waals surface area contributed by atoms with Crippen molar-refractivity contribution in [3.8, 4) is 0 Å². The van der Waals surface area contributed by atoms with Crippen molar-refractivity contribution in [2.45, 2.75) is 45.8 Å². The number of hydrogen-bond acceptors (Lipinski definition) is 3. The molecule has 4 heteroatoms.